The number of allylic oxidation sites excluding steroid dienone is 1. The molecule has 0 spiro atoms. The second kappa shape index (κ2) is 24.1. The molecule has 4 N–H and O–H groups in total. The van der Waals surface area contributed by atoms with Crippen LogP contribution < -0.4 is 16.0 Å². The van der Waals surface area contributed by atoms with Crippen LogP contribution in [-0.4, -0.2) is 113 Å². The molecule has 2 fully saturated rings. The number of piperidine rings is 1. The molecule has 3 amide bonds. The number of hydrogen-bond acceptors (Lipinski definition) is 11. The monoisotopic (exact) mass is 927 g/mol. The van der Waals surface area contributed by atoms with Gasteiger partial charge in [0.2, 0.25) is 11.8 Å². The van der Waals surface area contributed by atoms with E-state index in [1.54, 1.807) is 22.5 Å². The van der Waals surface area contributed by atoms with Crippen molar-refractivity contribution >= 4 is 83.4 Å². The molecule has 2 aliphatic rings. The molecule has 0 radical (unpaired) electrons. The lowest BCUT2D eigenvalue weighted by Crippen LogP contribution is -2.50. The maximum absolute atomic E-state index is 13.9. The highest BCUT2D eigenvalue weighted by Gasteiger charge is 2.50. The number of carbonyl (C=O) groups excluding carboxylic acids is 4. The number of H-pyrrole nitrogens is 1. The van der Waals surface area contributed by atoms with Gasteiger partial charge < -0.3 is 40.2 Å². The summed E-state index contributed by atoms with van der Waals surface area (Å²) in [4.78, 5) is 59.6. The van der Waals surface area contributed by atoms with Crippen molar-refractivity contribution in [1.82, 2.24) is 35.7 Å². The average Bonchev–Trinajstić information content (AvgIpc) is 4.12. The standard InChI is InChI=1S/C44H53N7O5S2.C3H8.C2H4O2/c1-7-18-50(40(52)24-46-44(54)56-5)25-26(3)47-34(8-2)29-11-15-33-32-14-10-28(22-38(32)57-39(33)23-29)27-12-16-35-37(21-27)49-42(48-35)41-30-9-13-31(20-30)51(41)43(53)36(45-4)17-19-58(6)55;1-3-2;1-4-2-3/h8,10-12,14-16,21-23,30-31,36,41,45,47H,3,7,9,13,17-20,24-25H2,1-2,4-6H3,(H,46,54)(H,48,49);3H2,1-2H3;2H,1H3/b34-8-;;/t30-,31+,36-,41-,58?;;/m0../s1. The Morgan fingerprint density at radius 2 is 1.72 bits per heavy atom. The Labute approximate surface area is 389 Å². The van der Waals surface area contributed by atoms with Crippen LogP contribution >= 0.6 is 11.3 Å². The van der Waals surface area contributed by atoms with Gasteiger partial charge in [0.1, 0.15) is 12.4 Å². The lowest BCUT2D eigenvalue weighted by atomic mass is 9.97. The summed E-state index contributed by atoms with van der Waals surface area (Å²) < 4.78 is 22.6. The summed E-state index contributed by atoms with van der Waals surface area (Å²) in [6.07, 6.45) is 8.69. The molecular weight excluding hydrogens is 863 g/mol. The van der Waals surface area contributed by atoms with E-state index in [1.165, 1.54) is 36.1 Å². The fourth-order valence-corrected chi connectivity index (χ4v) is 10.4. The molecule has 3 heterocycles. The molecule has 5 atom stereocenters. The number of amides is 3. The molecular formula is C49H65N7O7S2. The lowest BCUT2D eigenvalue weighted by molar-refractivity contribution is -0.138. The van der Waals surface area contributed by atoms with Crippen molar-refractivity contribution < 1.29 is 32.9 Å². The molecule has 16 heteroatoms. The number of aromatic nitrogens is 2. The molecule has 1 saturated carbocycles. The van der Waals surface area contributed by atoms with Crippen molar-refractivity contribution in [3.05, 3.63) is 84.3 Å². The van der Waals surface area contributed by atoms with Gasteiger partial charge in [0, 0.05) is 67.0 Å². The topological polar surface area (TPSA) is 175 Å². The number of thiophene rings is 1. The van der Waals surface area contributed by atoms with E-state index in [0.717, 1.165) is 69.6 Å². The summed E-state index contributed by atoms with van der Waals surface area (Å²) in [6, 6.07) is 19.2. The highest BCUT2D eigenvalue weighted by molar-refractivity contribution is 7.84. The van der Waals surface area contributed by atoms with Crippen molar-refractivity contribution in [2.24, 2.45) is 5.92 Å². The van der Waals surface area contributed by atoms with Gasteiger partial charge in [0.05, 0.1) is 43.9 Å². The number of likely N-dealkylation sites (N-methyl/N-ethyl adjacent to an activating group) is 1. The zero-order chi connectivity index (χ0) is 47.2. The van der Waals surface area contributed by atoms with Crippen molar-refractivity contribution in [3.63, 3.8) is 0 Å². The number of methoxy groups -OCH3 is 2. The van der Waals surface area contributed by atoms with Gasteiger partial charge >= 0.3 is 6.09 Å². The predicted octanol–water partition coefficient (Wildman–Crippen LogP) is 8.27. The van der Waals surface area contributed by atoms with E-state index in [4.69, 9.17) is 9.78 Å². The fourth-order valence-electron chi connectivity index (χ4n) is 8.65. The number of aromatic amines is 1. The number of carbonyl (C=O) groups is 4. The Morgan fingerprint density at radius 3 is 2.37 bits per heavy atom. The normalized spacial score (nSPS) is 17.4. The summed E-state index contributed by atoms with van der Waals surface area (Å²) in [5.41, 5.74) is 6.60. The first-order chi connectivity index (χ1) is 31.3. The van der Waals surface area contributed by atoms with E-state index in [9.17, 15) is 18.6 Å². The summed E-state index contributed by atoms with van der Waals surface area (Å²) in [7, 11) is 3.43. The summed E-state index contributed by atoms with van der Waals surface area (Å²) in [6.45, 7) is 13.5. The molecule has 1 saturated heterocycles. The van der Waals surface area contributed by atoms with Gasteiger partial charge in [-0.05, 0) is 92.9 Å². The van der Waals surface area contributed by atoms with E-state index < -0.39 is 16.9 Å². The smallest absolute Gasteiger partial charge is 0.407 e. The predicted molar refractivity (Wildman–Crippen MR) is 264 cm³/mol. The SMILES string of the molecule is C=C(CN(CCC)C(=O)CNC(=O)OC)N/C(=C\C)c1ccc2c(c1)sc1cc(-c3ccc4nc([C@@H]5[C@H]6CC[C@H](C6)N5C(=O)[C@H](CCS(C)=O)NC)[nH]c4c3)ccc12.CCC.COC=O. The zero-order valence-corrected chi connectivity index (χ0v) is 40.6. The highest BCUT2D eigenvalue weighted by atomic mass is 32.2. The molecule has 1 aliphatic heterocycles. The van der Waals surface area contributed by atoms with Crippen LogP contribution in [0.4, 0.5) is 4.79 Å². The Bertz CT molecular complexity index is 2520. The number of likely N-dealkylation sites (tertiary alicyclic amines) is 1. The third kappa shape index (κ3) is 12.4. The number of hydrogen-bond donors (Lipinski definition) is 4. The molecule has 2 aromatic heterocycles. The van der Waals surface area contributed by atoms with Crippen molar-refractivity contribution in [2.45, 2.75) is 84.3 Å². The molecule has 65 heavy (non-hydrogen) atoms. The quantitative estimate of drug-likeness (QED) is 0.0665. The zero-order valence-electron chi connectivity index (χ0n) is 39.0. The lowest BCUT2D eigenvalue weighted by Gasteiger charge is -2.36. The van der Waals surface area contributed by atoms with Crippen LogP contribution in [0.15, 0.2) is 72.9 Å². The van der Waals surface area contributed by atoms with Crippen LogP contribution in [0.5, 0.6) is 0 Å². The molecule has 7 rings (SSSR count). The van der Waals surface area contributed by atoms with Gasteiger partial charge in [-0.3, -0.25) is 18.6 Å². The molecule has 350 valence electrons. The minimum Gasteiger partial charge on any atom is -0.471 e. The number of fused-ring (bicyclic) bond motifs is 6. The number of nitrogens with zero attached hydrogens (tertiary/aromatic N) is 3. The maximum atomic E-state index is 13.9. The number of rotatable bonds is 17. The highest BCUT2D eigenvalue weighted by Crippen LogP contribution is 2.50. The minimum atomic E-state index is -0.959. The first-order valence-corrected chi connectivity index (χ1v) is 24.8. The number of benzene rings is 3. The molecule has 2 bridgehead atoms. The fraction of sp³-hybridized carbons (Fsp3) is 0.449. The Kier molecular flexibility index (Phi) is 18.7. The number of alkyl carbamates (subject to hydrolysis) is 1. The van der Waals surface area contributed by atoms with Gasteiger partial charge in [-0.25, -0.2) is 9.78 Å². The van der Waals surface area contributed by atoms with E-state index in [0.29, 0.717) is 43.4 Å². The number of ether oxygens (including phenoxy) is 2. The van der Waals surface area contributed by atoms with Gasteiger partial charge in [-0.2, -0.15) is 0 Å². The third-order valence-electron chi connectivity index (χ3n) is 11.6. The minimum absolute atomic E-state index is 0.0774. The van der Waals surface area contributed by atoms with Crippen LogP contribution in [0.2, 0.25) is 0 Å². The van der Waals surface area contributed by atoms with Crippen LogP contribution in [-0.2, 0) is 34.7 Å². The maximum Gasteiger partial charge on any atom is 0.407 e. The van der Waals surface area contributed by atoms with E-state index in [1.807, 2.05) is 27.0 Å². The summed E-state index contributed by atoms with van der Waals surface area (Å²) in [5.74, 6) is 1.57. The van der Waals surface area contributed by atoms with Crippen molar-refractivity contribution in [3.8, 4) is 11.1 Å². The van der Waals surface area contributed by atoms with Gasteiger partial charge in [-0.1, -0.05) is 70.2 Å². The Morgan fingerprint density at radius 1 is 1.05 bits per heavy atom. The van der Waals surface area contributed by atoms with Crippen LogP contribution in [0, 0.1) is 5.92 Å². The summed E-state index contributed by atoms with van der Waals surface area (Å²) >= 11 is 1.75. The van der Waals surface area contributed by atoms with Gasteiger partial charge in [0.25, 0.3) is 6.47 Å². The van der Waals surface area contributed by atoms with Crippen molar-refractivity contribution in [2.75, 3.05) is 52.9 Å². The Hall–Kier alpha value is -5.58. The molecule has 3 aromatic carbocycles. The van der Waals surface area contributed by atoms with E-state index >= 15 is 0 Å². The second-order valence-corrected chi connectivity index (χ2v) is 19.0. The summed E-state index contributed by atoms with van der Waals surface area (Å²) in [5, 5.41) is 11.5. The van der Waals surface area contributed by atoms with Crippen molar-refractivity contribution in [1.29, 1.82) is 0 Å². The van der Waals surface area contributed by atoms with E-state index in [-0.39, 0.29) is 36.5 Å². The Balaban J connectivity index is 0.00000106. The van der Waals surface area contributed by atoms with Crippen LogP contribution in [0.25, 0.3) is 48.0 Å². The number of nitrogens with one attached hydrogen (secondary N) is 4. The third-order valence-corrected chi connectivity index (χ3v) is 13.5. The average molecular weight is 928 g/mol. The second-order valence-electron chi connectivity index (χ2n) is 16.3. The first kappa shape index (κ1) is 50.4. The van der Waals surface area contributed by atoms with Crippen LogP contribution in [0.1, 0.15) is 83.6 Å². The molecule has 14 nitrogen and oxygen atoms in total. The van der Waals surface area contributed by atoms with Gasteiger partial charge in [-0.15, -0.1) is 11.3 Å². The van der Waals surface area contributed by atoms with Gasteiger partial charge in [0.15, 0.2) is 0 Å². The molecule has 5 aromatic rings. The van der Waals surface area contributed by atoms with E-state index in [2.05, 4.69) is 110 Å². The largest absolute Gasteiger partial charge is 0.471 e. The number of imidazole rings is 1. The molecule has 1 aliphatic carbocycles. The molecule has 1 unspecified atom stereocenters. The van der Waals surface area contributed by atoms with Crippen LogP contribution in [0.3, 0.4) is 0 Å². The first-order valence-electron chi connectivity index (χ1n) is 22.3.